The first-order valence-corrected chi connectivity index (χ1v) is 11.9. The van der Waals surface area contributed by atoms with E-state index >= 15 is 0 Å². The molecule has 11 heteroatoms. The van der Waals surface area contributed by atoms with Crippen molar-refractivity contribution in [3.05, 3.63) is 64.2 Å². The van der Waals surface area contributed by atoms with Crippen molar-refractivity contribution in [2.75, 3.05) is 0 Å². The highest BCUT2D eigenvalue weighted by molar-refractivity contribution is 7.81. The number of carbonyl (C=O) groups is 2. The number of hydrogen-bond acceptors (Lipinski definition) is 4. The molecule has 1 heterocycles. The third kappa shape index (κ3) is 6.77. The smallest absolute Gasteiger partial charge is 0.389 e. The number of carbonyl (C=O) groups excluding carboxylic acids is 1. The van der Waals surface area contributed by atoms with Crippen LogP contribution in [0.15, 0.2) is 30.3 Å². The quantitative estimate of drug-likeness (QED) is 0.243. The lowest BCUT2D eigenvalue weighted by atomic mass is 10.1. The van der Waals surface area contributed by atoms with Crippen molar-refractivity contribution in [2.45, 2.75) is 64.0 Å². The van der Waals surface area contributed by atoms with Gasteiger partial charge in [0.2, 0.25) is 5.91 Å². The van der Waals surface area contributed by atoms with Gasteiger partial charge in [-0.05, 0) is 54.7 Å². The van der Waals surface area contributed by atoms with Gasteiger partial charge in [0.15, 0.2) is 0 Å². The Morgan fingerprint density at radius 3 is 2.53 bits per heavy atom. The Bertz CT molecular complexity index is 1270. The monoisotopic (exact) mass is 525 g/mol. The van der Waals surface area contributed by atoms with Crippen LogP contribution in [-0.2, 0) is 24.3 Å². The summed E-state index contributed by atoms with van der Waals surface area (Å²) in [5.41, 5.74) is 3.22. The average molecular weight is 526 g/mol. The Labute approximate surface area is 211 Å². The molecule has 0 saturated heterocycles. The second-order valence-corrected chi connectivity index (χ2v) is 9.27. The molecule has 194 valence electrons. The van der Waals surface area contributed by atoms with Crippen LogP contribution in [-0.4, -0.2) is 38.0 Å². The van der Waals surface area contributed by atoms with E-state index in [4.69, 9.17) is 10.1 Å². The predicted octanol–water partition coefficient (Wildman–Crippen LogP) is 5.44. The number of benzene rings is 2. The van der Waals surface area contributed by atoms with Crippen LogP contribution in [0.4, 0.5) is 17.6 Å². The molecule has 2 N–H and O–H groups in total. The molecular weight excluding hydrogens is 498 g/mol. The standard InChI is InChI=1S/C25H27F4N3O3S/c1-3-4-21-31-22-14(2)9-16(12-30-23(33)20(36)7-8-25(27,28)29)11-19(22)32(21)13-15-5-6-17(24(34)35)18(26)10-15/h5-6,9-11,20,36H,3-4,7-8,12-13H2,1-2H3,(H,30,33)(H,34,35). The SMILES string of the molecule is CCCc1nc2c(C)cc(CNC(=O)C(S)CCC(F)(F)F)cc2n1Cc1ccc(C(=O)O)c(F)c1. The number of halogens is 4. The Balaban J connectivity index is 1.87. The van der Waals surface area contributed by atoms with E-state index < -0.39 is 47.5 Å². The van der Waals surface area contributed by atoms with Crippen molar-refractivity contribution in [2.24, 2.45) is 0 Å². The first-order chi connectivity index (χ1) is 16.9. The largest absolute Gasteiger partial charge is 0.478 e. The summed E-state index contributed by atoms with van der Waals surface area (Å²) in [4.78, 5) is 28.1. The van der Waals surface area contributed by atoms with E-state index in [1.807, 2.05) is 30.5 Å². The van der Waals surface area contributed by atoms with Crippen molar-refractivity contribution < 1.29 is 32.3 Å². The minimum Gasteiger partial charge on any atom is -0.478 e. The Morgan fingerprint density at radius 1 is 1.19 bits per heavy atom. The van der Waals surface area contributed by atoms with Crippen molar-refractivity contribution >= 4 is 35.5 Å². The maximum absolute atomic E-state index is 14.3. The van der Waals surface area contributed by atoms with Crippen LogP contribution in [0.3, 0.4) is 0 Å². The number of carboxylic acids is 1. The van der Waals surface area contributed by atoms with Crippen molar-refractivity contribution in [1.29, 1.82) is 0 Å². The third-order valence-corrected chi connectivity index (χ3v) is 6.22. The highest BCUT2D eigenvalue weighted by atomic mass is 32.1. The fourth-order valence-electron chi connectivity index (χ4n) is 3.96. The number of aromatic carboxylic acids is 1. The molecule has 6 nitrogen and oxygen atoms in total. The molecule has 3 rings (SSSR count). The molecule has 1 aromatic heterocycles. The highest BCUT2D eigenvalue weighted by Crippen LogP contribution is 2.26. The molecule has 3 aromatic rings. The molecule has 1 atom stereocenters. The van der Waals surface area contributed by atoms with Gasteiger partial charge in [-0.15, -0.1) is 0 Å². The first kappa shape index (κ1) is 27.5. The predicted molar refractivity (Wildman–Crippen MR) is 131 cm³/mol. The lowest BCUT2D eigenvalue weighted by Gasteiger charge is -2.14. The number of fused-ring (bicyclic) bond motifs is 1. The van der Waals surface area contributed by atoms with Gasteiger partial charge in [0, 0.05) is 25.9 Å². The zero-order chi connectivity index (χ0) is 26.6. The fraction of sp³-hybridized carbons (Fsp3) is 0.400. The van der Waals surface area contributed by atoms with Crippen LogP contribution >= 0.6 is 12.6 Å². The highest BCUT2D eigenvalue weighted by Gasteiger charge is 2.29. The number of rotatable bonds is 10. The summed E-state index contributed by atoms with van der Waals surface area (Å²) in [5.74, 6) is -1.98. The van der Waals surface area contributed by atoms with Crippen LogP contribution in [0.2, 0.25) is 0 Å². The molecule has 1 amide bonds. The van der Waals surface area contributed by atoms with Crippen LogP contribution in [0.5, 0.6) is 0 Å². The van der Waals surface area contributed by atoms with Crippen LogP contribution in [0, 0.1) is 12.7 Å². The van der Waals surface area contributed by atoms with Gasteiger partial charge in [-0.3, -0.25) is 4.79 Å². The number of hydrogen-bond donors (Lipinski definition) is 3. The summed E-state index contributed by atoms with van der Waals surface area (Å²) in [6.07, 6.45) is -4.38. The van der Waals surface area contributed by atoms with E-state index in [0.29, 0.717) is 12.0 Å². The maximum Gasteiger partial charge on any atom is 0.389 e. The number of carboxylic acid groups (broad SMARTS) is 1. The summed E-state index contributed by atoms with van der Waals surface area (Å²) in [7, 11) is 0. The van der Waals surface area contributed by atoms with Gasteiger partial charge < -0.3 is 15.0 Å². The van der Waals surface area contributed by atoms with Gasteiger partial charge in [0.1, 0.15) is 11.6 Å². The van der Waals surface area contributed by atoms with Crippen LogP contribution in [0.1, 0.15) is 59.1 Å². The molecule has 0 aliphatic carbocycles. The van der Waals surface area contributed by atoms with Gasteiger partial charge in [-0.25, -0.2) is 14.2 Å². The molecule has 0 saturated carbocycles. The molecule has 36 heavy (non-hydrogen) atoms. The number of amides is 1. The Morgan fingerprint density at radius 2 is 1.92 bits per heavy atom. The van der Waals surface area contributed by atoms with Crippen LogP contribution in [0.25, 0.3) is 11.0 Å². The zero-order valence-corrected chi connectivity index (χ0v) is 20.7. The first-order valence-electron chi connectivity index (χ1n) is 11.4. The number of aromatic nitrogens is 2. The second kappa shape index (κ2) is 11.3. The van der Waals surface area contributed by atoms with Gasteiger partial charge in [-0.2, -0.15) is 25.8 Å². The number of nitrogens with zero attached hydrogens (tertiary/aromatic N) is 2. The third-order valence-electron chi connectivity index (χ3n) is 5.73. The van der Waals surface area contributed by atoms with E-state index in [1.165, 1.54) is 12.1 Å². The van der Waals surface area contributed by atoms with E-state index in [9.17, 15) is 27.2 Å². The number of alkyl halides is 3. The average Bonchev–Trinajstić information content (AvgIpc) is 3.13. The number of thiol groups is 1. The molecule has 0 fully saturated rings. The zero-order valence-electron chi connectivity index (χ0n) is 19.8. The lowest BCUT2D eigenvalue weighted by molar-refractivity contribution is -0.137. The minimum atomic E-state index is -4.35. The van der Waals surface area contributed by atoms with Gasteiger partial charge in [0.05, 0.1) is 21.8 Å². The molecule has 0 aliphatic rings. The lowest BCUT2D eigenvalue weighted by Crippen LogP contribution is -2.31. The Hall–Kier alpha value is -3.08. The minimum absolute atomic E-state index is 0.0922. The van der Waals surface area contributed by atoms with Gasteiger partial charge in [0.25, 0.3) is 0 Å². The molecule has 2 aromatic carbocycles. The van der Waals surface area contributed by atoms with E-state index in [0.717, 1.165) is 34.4 Å². The van der Waals surface area contributed by atoms with Crippen molar-refractivity contribution in [3.63, 3.8) is 0 Å². The normalized spacial score (nSPS) is 12.6. The number of nitrogens with one attached hydrogen (secondary N) is 1. The maximum atomic E-state index is 14.3. The summed E-state index contributed by atoms with van der Waals surface area (Å²) in [6.45, 7) is 4.22. The van der Waals surface area contributed by atoms with Crippen LogP contribution < -0.4 is 5.32 Å². The summed E-state index contributed by atoms with van der Waals surface area (Å²) in [6, 6.07) is 7.65. The van der Waals surface area contributed by atoms with E-state index in [-0.39, 0.29) is 13.1 Å². The van der Waals surface area contributed by atoms with Gasteiger partial charge >= 0.3 is 12.1 Å². The summed E-state index contributed by atoms with van der Waals surface area (Å²) in [5, 5.41) is 10.6. The Kier molecular flexibility index (Phi) is 8.65. The summed E-state index contributed by atoms with van der Waals surface area (Å²) >= 11 is 4.00. The van der Waals surface area contributed by atoms with Gasteiger partial charge in [-0.1, -0.05) is 19.1 Å². The topological polar surface area (TPSA) is 84.2 Å². The van der Waals surface area contributed by atoms with E-state index in [2.05, 4.69) is 17.9 Å². The molecule has 0 aliphatic heterocycles. The number of aryl methyl sites for hydroxylation is 2. The molecular formula is C25H27F4N3O3S. The molecule has 1 unspecified atom stereocenters. The molecule has 0 bridgehead atoms. The second-order valence-electron chi connectivity index (χ2n) is 8.65. The van der Waals surface area contributed by atoms with Crippen molar-refractivity contribution in [3.8, 4) is 0 Å². The molecule has 0 radical (unpaired) electrons. The number of imidazole rings is 1. The van der Waals surface area contributed by atoms with Crippen molar-refractivity contribution in [1.82, 2.24) is 14.9 Å². The fourth-order valence-corrected chi connectivity index (χ4v) is 4.18. The van der Waals surface area contributed by atoms with E-state index in [1.54, 1.807) is 6.07 Å². The summed E-state index contributed by atoms with van der Waals surface area (Å²) < 4.78 is 53.5. The molecule has 0 spiro atoms.